The Morgan fingerprint density at radius 3 is 2.41 bits per heavy atom. The van der Waals surface area contributed by atoms with E-state index in [4.69, 9.17) is 9.84 Å². The van der Waals surface area contributed by atoms with Gasteiger partial charge in [-0.1, -0.05) is 26.0 Å². The van der Waals surface area contributed by atoms with E-state index in [1.165, 1.54) is 7.11 Å². The first-order chi connectivity index (χ1) is 8.04. The molecule has 0 aliphatic heterocycles. The highest BCUT2D eigenvalue weighted by Crippen LogP contribution is 2.10. The van der Waals surface area contributed by atoms with Crippen molar-refractivity contribution in [2.75, 3.05) is 7.11 Å². The third-order valence-electron chi connectivity index (χ3n) is 2.58. The fourth-order valence-electron chi connectivity index (χ4n) is 1.56. The van der Waals surface area contributed by atoms with Gasteiger partial charge >= 0.3 is 5.97 Å². The second-order valence-electron chi connectivity index (χ2n) is 4.29. The summed E-state index contributed by atoms with van der Waals surface area (Å²) >= 11 is 0. The molecule has 4 heteroatoms. The van der Waals surface area contributed by atoms with Crippen molar-refractivity contribution < 1.29 is 14.6 Å². The zero-order valence-corrected chi connectivity index (χ0v) is 10.4. The molecule has 0 saturated heterocycles. The number of nitrogens with one attached hydrogen (secondary N) is 1. The van der Waals surface area contributed by atoms with Crippen molar-refractivity contribution in [1.29, 1.82) is 0 Å². The molecule has 0 aliphatic rings. The average Bonchev–Trinajstić information content (AvgIpc) is 2.31. The summed E-state index contributed by atoms with van der Waals surface area (Å²) in [5, 5.41) is 12.3. The average molecular weight is 237 g/mol. The zero-order valence-electron chi connectivity index (χ0n) is 10.4. The van der Waals surface area contributed by atoms with E-state index >= 15 is 0 Å². The van der Waals surface area contributed by atoms with Crippen LogP contribution in [0.4, 0.5) is 0 Å². The number of hydrogen-bond acceptors (Lipinski definition) is 4. The summed E-state index contributed by atoms with van der Waals surface area (Å²) in [6.45, 7) is 4.50. The van der Waals surface area contributed by atoms with Crippen molar-refractivity contribution in [3.05, 3.63) is 29.8 Å². The molecule has 0 spiro atoms. The third-order valence-corrected chi connectivity index (χ3v) is 2.58. The van der Waals surface area contributed by atoms with E-state index in [0.717, 1.165) is 5.56 Å². The van der Waals surface area contributed by atoms with Crippen LogP contribution in [0.3, 0.4) is 0 Å². The number of carbonyl (C=O) groups is 1. The maximum absolute atomic E-state index is 11.5. The van der Waals surface area contributed by atoms with Crippen molar-refractivity contribution in [2.45, 2.75) is 26.4 Å². The summed E-state index contributed by atoms with van der Waals surface area (Å²) in [5.41, 5.74) is 1.01. The number of phenols is 1. The van der Waals surface area contributed by atoms with Crippen LogP contribution in [0.5, 0.6) is 5.75 Å². The second-order valence-corrected chi connectivity index (χ2v) is 4.29. The Hall–Kier alpha value is -1.55. The van der Waals surface area contributed by atoms with Crippen molar-refractivity contribution in [3.63, 3.8) is 0 Å². The molecule has 0 aromatic heterocycles. The van der Waals surface area contributed by atoms with E-state index < -0.39 is 0 Å². The van der Waals surface area contributed by atoms with Crippen molar-refractivity contribution in [2.24, 2.45) is 5.92 Å². The number of methoxy groups -OCH3 is 1. The lowest BCUT2D eigenvalue weighted by Crippen LogP contribution is -2.41. The topological polar surface area (TPSA) is 58.6 Å². The molecule has 17 heavy (non-hydrogen) atoms. The lowest BCUT2D eigenvalue weighted by Gasteiger charge is -2.19. The van der Waals surface area contributed by atoms with Gasteiger partial charge in [0, 0.05) is 6.54 Å². The summed E-state index contributed by atoms with van der Waals surface area (Å²) < 4.78 is 4.74. The third kappa shape index (κ3) is 4.07. The molecule has 1 aromatic rings. The quantitative estimate of drug-likeness (QED) is 0.765. The van der Waals surface area contributed by atoms with Crippen LogP contribution in [-0.4, -0.2) is 24.2 Å². The minimum atomic E-state index is -0.311. The van der Waals surface area contributed by atoms with Crippen LogP contribution in [0.15, 0.2) is 24.3 Å². The number of ether oxygens (including phenoxy) is 1. The Kier molecular flexibility index (Phi) is 4.97. The standard InChI is InChI=1S/C13H19NO3/c1-9(2)12(13(16)17-3)14-8-10-4-6-11(15)7-5-10/h4-7,9,12,14-15H,8H2,1-3H3. The van der Waals surface area contributed by atoms with Gasteiger partial charge in [0.1, 0.15) is 11.8 Å². The minimum Gasteiger partial charge on any atom is -0.508 e. The fourth-order valence-corrected chi connectivity index (χ4v) is 1.56. The number of carbonyl (C=O) groups excluding carboxylic acids is 1. The van der Waals surface area contributed by atoms with E-state index in [0.29, 0.717) is 6.54 Å². The largest absolute Gasteiger partial charge is 0.508 e. The van der Waals surface area contributed by atoms with Crippen LogP contribution >= 0.6 is 0 Å². The Morgan fingerprint density at radius 1 is 1.35 bits per heavy atom. The Morgan fingerprint density at radius 2 is 1.94 bits per heavy atom. The fraction of sp³-hybridized carbons (Fsp3) is 0.462. The van der Waals surface area contributed by atoms with Crippen molar-refractivity contribution in [3.8, 4) is 5.75 Å². The molecule has 0 amide bonds. The Labute approximate surface area is 102 Å². The maximum atomic E-state index is 11.5. The van der Waals surface area contributed by atoms with Gasteiger partial charge in [0.25, 0.3) is 0 Å². The van der Waals surface area contributed by atoms with Gasteiger partial charge in [0.15, 0.2) is 0 Å². The van der Waals surface area contributed by atoms with Crippen LogP contribution < -0.4 is 5.32 Å². The predicted octanol–water partition coefficient (Wildman–Crippen LogP) is 1.68. The highest BCUT2D eigenvalue weighted by molar-refractivity contribution is 5.75. The van der Waals surface area contributed by atoms with Crippen molar-refractivity contribution in [1.82, 2.24) is 5.32 Å². The van der Waals surface area contributed by atoms with Gasteiger partial charge in [0.05, 0.1) is 7.11 Å². The molecule has 4 nitrogen and oxygen atoms in total. The lowest BCUT2D eigenvalue weighted by atomic mass is 10.0. The normalized spacial score (nSPS) is 12.5. The van der Waals surface area contributed by atoms with Gasteiger partial charge < -0.3 is 15.2 Å². The van der Waals surface area contributed by atoms with Gasteiger partial charge in [-0.2, -0.15) is 0 Å². The zero-order chi connectivity index (χ0) is 12.8. The number of phenolic OH excluding ortho intramolecular Hbond substituents is 1. The molecule has 1 unspecified atom stereocenters. The van der Waals surface area contributed by atoms with Crippen LogP contribution in [0.25, 0.3) is 0 Å². The Balaban J connectivity index is 2.58. The number of rotatable bonds is 5. The van der Waals surface area contributed by atoms with Gasteiger partial charge in [-0.3, -0.25) is 4.79 Å². The van der Waals surface area contributed by atoms with Gasteiger partial charge in [-0.05, 0) is 23.6 Å². The van der Waals surface area contributed by atoms with Crippen molar-refractivity contribution >= 4 is 5.97 Å². The molecule has 1 rings (SSSR count). The molecule has 1 atom stereocenters. The minimum absolute atomic E-state index is 0.166. The molecule has 0 saturated carbocycles. The van der Waals surface area contributed by atoms with Gasteiger partial charge in [-0.15, -0.1) is 0 Å². The number of benzene rings is 1. The maximum Gasteiger partial charge on any atom is 0.323 e. The molecule has 0 bridgehead atoms. The van der Waals surface area contributed by atoms with E-state index in [1.807, 2.05) is 26.0 Å². The van der Waals surface area contributed by atoms with Gasteiger partial charge in [0.2, 0.25) is 0 Å². The van der Waals surface area contributed by atoms with E-state index in [1.54, 1.807) is 12.1 Å². The molecule has 0 fully saturated rings. The number of aromatic hydroxyl groups is 1. The summed E-state index contributed by atoms with van der Waals surface area (Å²) in [5.74, 6) is 0.153. The highest BCUT2D eigenvalue weighted by atomic mass is 16.5. The van der Waals surface area contributed by atoms with E-state index in [9.17, 15) is 4.79 Å². The molecule has 0 heterocycles. The summed E-state index contributed by atoms with van der Waals surface area (Å²) in [6, 6.07) is 6.57. The second kappa shape index (κ2) is 6.25. The molecular formula is C13H19NO3. The van der Waals surface area contributed by atoms with E-state index in [2.05, 4.69) is 5.32 Å². The monoisotopic (exact) mass is 237 g/mol. The van der Waals surface area contributed by atoms with Crippen LogP contribution in [0.1, 0.15) is 19.4 Å². The summed E-state index contributed by atoms with van der Waals surface area (Å²) in [4.78, 5) is 11.5. The molecule has 0 aliphatic carbocycles. The Bertz CT molecular complexity index is 359. The molecule has 2 N–H and O–H groups in total. The highest BCUT2D eigenvalue weighted by Gasteiger charge is 2.21. The van der Waals surface area contributed by atoms with Crippen LogP contribution in [0, 0.1) is 5.92 Å². The van der Waals surface area contributed by atoms with Crippen LogP contribution in [0.2, 0.25) is 0 Å². The summed E-state index contributed by atoms with van der Waals surface area (Å²) in [7, 11) is 1.39. The first kappa shape index (κ1) is 13.5. The van der Waals surface area contributed by atoms with Gasteiger partial charge in [-0.25, -0.2) is 0 Å². The first-order valence-corrected chi connectivity index (χ1v) is 5.63. The molecule has 94 valence electrons. The smallest absolute Gasteiger partial charge is 0.323 e. The number of hydrogen-bond donors (Lipinski definition) is 2. The molecule has 1 aromatic carbocycles. The number of esters is 1. The summed E-state index contributed by atoms with van der Waals surface area (Å²) in [6.07, 6.45) is 0. The van der Waals surface area contributed by atoms with Crippen LogP contribution in [-0.2, 0) is 16.1 Å². The predicted molar refractivity (Wildman–Crippen MR) is 65.6 cm³/mol. The SMILES string of the molecule is COC(=O)C(NCc1ccc(O)cc1)C(C)C. The van der Waals surface area contributed by atoms with E-state index in [-0.39, 0.29) is 23.7 Å². The molecule has 0 radical (unpaired) electrons. The molecular weight excluding hydrogens is 218 g/mol. The first-order valence-electron chi connectivity index (χ1n) is 5.63. The lowest BCUT2D eigenvalue weighted by molar-refractivity contribution is -0.144.